The lowest BCUT2D eigenvalue weighted by molar-refractivity contribution is -0.133. The number of pyridine rings is 1. The van der Waals surface area contributed by atoms with Gasteiger partial charge in [0.05, 0.1) is 5.69 Å². The number of anilines is 1. The molecule has 1 aliphatic carbocycles. The van der Waals surface area contributed by atoms with Crippen LogP contribution < -0.4 is 10.5 Å². The number of nitrogens with one attached hydrogen (secondary N) is 1. The molecule has 1 spiro atoms. The molecule has 0 bridgehead atoms. The fourth-order valence-corrected chi connectivity index (χ4v) is 4.55. The molecule has 1 unspecified atom stereocenters. The molecular formula is C21H27N5O2. The Morgan fingerprint density at radius 3 is 2.96 bits per heavy atom. The minimum absolute atomic E-state index is 0.0365. The molecule has 0 radical (unpaired) electrons. The van der Waals surface area contributed by atoms with E-state index < -0.39 is 0 Å². The number of amides is 1. The van der Waals surface area contributed by atoms with Crippen molar-refractivity contribution in [3.63, 3.8) is 0 Å². The molecular weight excluding hydrogens is 354 g/mol. The molecule has 4 rings (SSSR count). The van der Waals surface area contributed by atoms with Crippen molar-refractivity contribution in [3.05, 3.63) is 51.7 Å². The Labute approximate surface area is 164 Å². The van der Waals surface area contributed by atoms with E-state index in [0.717, 1.165) is 49.0 Å². The van der Waals surface area contributed by atoms with Crippen molar-refractivity contribution in [2.45, 2.75) is 43.9 Å². The van der Waals surface area contributed by atoms with Gasteiger partial charge < -0.3 is 9.80 Å². The van der Waals surface area contributed by atoms with Gasteiger partial charge in [0, 0.05) is 57.0 Å². The molecule has 1 saturated heterocycles. The summed E-state index contributed by atoms with van der Waals surface area (Å²) in [5, 5.41) is 0. The third-order valence-corrected chi connectivity index (χ3v) is 6.06. The highest BCUT2D eigenvalue weighted by Gasteiger charge is 2.45. The normalized spacial score (nSPS) is 21.0. The Balaban J connectivity index is 1.53. The number of aryl methyl sites for hydroxylation is 1. The highest BCUT2D eigenvalue weighted by Crippen LogP contribution is 2.43. The van der Waals surface area contributed by atoms with Crippen LogP contribution in [0.3, 0.4) is 0 Å². The van der Waals surface area contributed by atoms with Gasteiger partial charge in [-0.2, -0.15) is 0 Å². The molecule has 7 heteroatoms. The summed E-state index contributed by atoms with van der Waals surface area (Å²) in [6, 6.07) is 3.90. The Hall–Kier alpha value is -2.70. The zero-order valence-corrected chi connectivity index (χ0v) is 16.6. The van der Waals surface area contributed by atoms with Crippen molar-refractivity contribution in [3.8, 4) is 0 Å². The molecule has 2 aromatic heterocycles. The highest BCUT2D eigenvalue weighted by atomic mass is 16.2. The van der Waals surface area contributed by atoms with Crippen LogP contribution in [0, 0.1) is 0 Å². The average molecular weight is 381 g/mol. The molecule has 28 heavy (non-hydrogen) atoms. The molecule has 1 atom stereocenters. The molecule has 2 aliphatic rings. The number of fused-ring (bicyclic) bond motifs is 2. The number of piperidine rings is 1. The number of carbonyl (C=O) groups excluding carboxylic acids is 1. The summed E-state index contributed by atoms with van der Waals surface area (Å²) in [6.07, 6.45) is 8.31. The summed E-state index contributed by atoms with van der Waals surface area (Å²) in [6.45, 7) is 1.45. The van der Waals surface area contributed by atoms with E-state index in [1.807, 2.05) is 42.2 Å². The number of likely N-dealkylation sites (tertiary alicyclic amines) is 1. The maximum atomic E-state index is 12.9. The van der Waals surface area contributed by atoms with Crippen LogP contribution >= 0.6 is 0 Å². The van der Waals surface area contributed by atoms with Crippen molar-refractivity contribution < 1.29 is 4.79 Å². The van der Waals surface area contributed by atoms with Crippen LogP contribution in [-0.2, 0) is 23.1 Å². The lowest BCUT2D eigenvalue weighted by Gasteiger charge is -2.40. The summed E-state index contributed by atoms with van der Waals surface area (Å²) in [7, 11) is 3.75. The van der Waals surface area contributed by atoms with E-state index in [0.29, 0.717) is 25.3 Å². The van der Waals surface area contributed by atoms with E-state index in [9.17, 15) is 9.59 Å². The van der Waals surface area contributed by atoms with Gasteiger partial charge in [0.1, 0.15) is 0 Å². The number of H-pyrrole nitrogens is 1. The predicted octanol–water partition coefficient (Wildman–Crippen LogP) is 1.67. The zero-order chi connectivity index (χ0) is 19.7. The lowest BCUT2D eigenvalue weighted by atomic mass is 9.77. The molecule has 148 valence electrons. The van der Waals surface area contributed by atoms with Gasteiger partial charge in [0.15, 0.2) is 0 Å². The topological polar surface area (TPSA) is 82.2 Å². The molecule has 1 aliphatic heterocycles. The summed E-state index contributed by atoms with van der Waals surface area (Å²) >= 11 is 0. The van der Waals surface area contributed by atoms with E-state index in [4.69, 9.17) is 4.98 Å². The average Bonchev–Trinajstić information content (AvgIpc) is 3.05. The SMILES string of the molecule is CN(C)c1nc2c(c(=O)[nH]1)CCC21CCCN(C(=O)CCc2cccnc2)C1. The van der Waals surface area contributed by atoms with E-state index in [2.05, 4.69) is 9.97 Å². The van der Waals surface area contributed by atoms with Crippen molar-refractivity contribution in [2.24, 2.45) is 0 Å². The van der Waals surface area contributed by atoms with Crippen LogP contribution in [0.2, 0.25) is 0 Å². The molecule has 7 nitrogen and oxygen atoms in total. The number of rotatable bonds is 4. The largest absolute Gasteiger partial charge is 0.348 e. The van der Waals surface area contributed by atoms with Gasteiger partial charge in [-0.15, -0.1) is 0 Å². The summed E-state index contributed by atoms with van der Waals surface area (Å²) in [5.41, 5.74) is 2.57. The Morgan fingerprint density at radius 1 is 1.36 bits per heavy atom. The zero-order valence-electron chi connectivity index (χ0n) is 16.6. The maximum Gasteiger partial charge on any atom is 0.255 e. The maximum absolute atomic E-state index is 12.9. The van der Waals surface area contributed by atoms with Crippen LogP contribution in [0.1, 0.15) is 42.5 Å². The molecule has 1 fully saturated rings. The van der Waals surface area contributed by atoms with Crippen molar-refractivity contribution in [2.75, 3.05) is 32.1 Å². The minimum atomic E-state index is -0.184. The van der Waals surface area contributed by atoms with Gasteiger partial charge in [0.25, 0.3) is 5.56 Å². The standard InChI is InChI=1S/C21H27N5O2/c1-25(2)20-23-18-16(19(28)24-20)8-10-21(18)9-4-12-26(14-21)17(27)7-6-15-5-3-11-22-13-15/h3,5,11,13H,4,6-10,12,14H2,1-2H3,(H,23,24,28). The predicted molar refractivity (Wildman–Crippen MR) is 108 cm³/mol. The third-order valence-electron chi connectivity index (χ3n) is 6.06. The fourth-order valence-electron chi connectivity index (χ4n) is 4.55. The molecule has 0 saturated carbocycles. The first-order valence-corrected chi connectivity index (χ1v) is 9.96. The quantitative estimate of drug-likeness (QED) is 0.871. The van der Waals surface area contributed by atoms with Crippen LogP contribution in [-0.4, -0.2) is 52.9 Å². The number of nitrogens with zero attached hydrogens (tertiary/aromatic N) is 4. The number of hydrogen-bond acceptors (Lipinski definition) is 5. The second kappa shape index (κ2) is 7.37. The summed E-state index contributed by atoms with van der Waals surface area (Å²) in [5.74, 6) is 0.763. The van der Waals surface area contributed by atoms with Gasteiger partial charge in [-0.05, 0) is 43.7 Å². The van der Waals surface area contributed by atoms with E-state index in [1.165, 1.54) is 0 Å². The van der Waals surface area contributed by atoms with Crippen molar-refractivity contribution in [1.82, 2.24) is 19.9 Å². The van der Waals surface area contributed by atoms with E-state index in [1.54, 1.807) is 6.20 Å². The van der Waals surface area contributed by atoms with Crippen LogP contribution in [0.25, 0.3) is 0 Å². The minimum Gasteiger partial charge on any atom is -0.348 e. The van der Waals surface area contributed by atoms with E-state index >= 15 is 0 Å². The van der Waals surface area contributed by atoms with E-state index in [-0.39, 0.29) is 16.9 Å². The smallest absolute Gasteiger partial charge is 0.255 e. The van der Waals surface area contributed by atoms with Gasteiger partial charge in [0.2, 0.25) is 11.9 Å². The lowest BCUT2D eigenvalue weighted by Crippen LogP contribution is -2.48. The summed E-state index contributed by atoms with van der Waals surface area (Å²) < 4.78 is 0. The molecule has 1 N–H and O–H groups in total. The van der Waals surface area contributed by atoms with Crippen molar-refractivity contribution in [1.29, 1.82) is 0 Å². The van der Waals surface area contributed by atoms with Gasteiger partial charge in [-0.1, -0.05) is 6.07 Å². The second-order valence-corrected chi connectivity index (χ2v) is 8.17. The molecule has 0 aromatic carbocycles. The Bertz CT molecular complexity index is 924. The van der Waals surface area contributed by atoms with Crippen molar-refractivity contribution >= 4 is 11.9 Å². The van der Waals surface area contributed by atoms with Crippen LogP contribution in [0.15, 0.2) is 29.3 Å². The first kappa shape index (κ1) is 18.7. The third kappa shape index (κ3) is 3.41. The highest BCUT2D eigenvalue weighted by molar-refractivity contribution is 5.76. The fraction of sp³-hybridized carbons (Fsp3) is 0.524. The van der Waals surface area contributed by atoms with Gasteiger partial charge >= 0.3 is 0 Å². The monoisotopic (exact) mass is 381 g/mol. The molecule has 3 heterocycles. The van der Waals surface area contributed by atoms with Crippen LogP contribution in [0.4, 0.5) is 5.95 Å². The first-order valence-electron chi connectivity index (χ1n) is 9.96. The van der Waals surface area contributed by atoms with Gasteiger partial charge in [-0.25, -0.2) is 4.98 Å². The van der Waals surface area contributed by atoms with Crippen LogP contribution in [0.5, 0.6) is 0 Å². The molecule has 2 aromatic rings. The summed E-state index contributed by atoms with van der Waals surface area (Å²) in [4.78, 5) is 41.0. The second-order valence-electron chi connectivity index (χ2n) is 8.17. The van der Waals surface area contributed by atoms with Gasteiger partial charge in [-0.3, -0.25) is 19.6 Å². The Morgan fingerprint density at radius 2 is 2.21 bits per heavy atom. The number of hydrogen-bond donors (Lipinski definition) is 1. The first-order chi connectivity index (χ1) is 13.5. The number of carbonyl (C=O) groups is 1. The molecule has 1 amide bonds. The number of aromatic amines is 1. The number of aromatic nitrogens is 3. The Kier molecular flexibility index (Phi) is 4.91.